The van der Waals surface area contributed by atoms with Gasteiger partial charge in [-0.2, -0.15) is 4.74 Å². The van der Waals surface area contributed by atoms with E-state index in [4.69, 9.17) is 14.0 Å². The maximum absolute atomic E-state index is 12.5. The molecule has 4 aromatic rings. The number of hydrogen-bond acceptors (Lipinski definition) is 5. The Morgan fingerprint density at radius 1 is 0.938 bits per heavy atom. The lowest BCUT2D eigenvalue weighted by molar-refractivity contribution is 0.208. The first-order chi connectivity index (χ1) is 15.7. The van der Waals surface area contributed by atoms with Crippen LogP contribution in [0.5, 0.6) is 11.8 Å². The Kier molecular flexibility index (Phi) is 9.35. The van der Waals surface area contributed by atoms with E-state index >= 15 is 0 Å². The molecule has 0 aliphatic rings. The van der Waals surface area contributed by atoms with Gasteiger partial charge in [-0.25, -0.2) is 4.68 Å². The summed E-state index contributed by atoms with van der Waals surface area (Å²) in [6, 6.07) is 19.1. The molecule has 4 rings (SSSR count). The maximum Gasteiger partial charge on any atom is 0.320 e. The molecule has 2 heterocycles. The molecule has 0 saturated carbocycles. The molecule has 0 N–H and O–H groups in total. The number of methoxy groups -OCH3 is 1. The summed E-state index contributed by atoms with van der Waals surface area (Å²) in [6.45, 7) is 8.25. The number of hydrogen-bond donors (Lipinski definition) is 0. The normalized spacial score (nSPS) is 9.81. The van der Waals surface area contributed by atoms with Crippen molar-refractivity contribution >= 4 is 0 Å². The molecule has 0 radical (unpaired) electrons. The standard InChI is InChI=1S/C21H19N3O4.2C2H6/c1-23-20(25)19(21(26-2)28-23)17-11-7-6-8-15(17)14-27-18-12-13-24(22-18)16-9-4-3-5-10-16;2*1-2/h3-13H,14H2,1-2H3;2*1-2H3. The topological polar surface area (TPSA) is 71.4 Å². The average molecular weight is 438 g/mol. The van der Waals surface area contributed by atoms with Gasteiger partial charge in [-0.15, -0.1) is 5.10 Å². The molecule has 0 unspecified atom stereocenters. The van der Waals surface area contributed by atoms with Crippen molar-refractivity contribution in [3.63, 3.8) is 0 Å². The van der Waals surface area contributed by atoms with Crippen molar-refractivity contribution in [2.45, 2.75) is 34.3 Å². The zero-order valence-corrected chi connectivity index (χ0v) is 19.5. The number of rotatable bonds is 6. The molecule has 32 heavy (non-hydrogen) atoms. The lowest BCUT2D eigenvalue weighted by Gasteiger charge is -2.08. The summed E-state index contributed by atoms with van der Waals surface area (Å²) in [4.78, 5) is 12.5. The van der Waals surface area contributed by atoms with Crippen molar-refractivity contribution in [2.75, 3.05) is 7.11 Å². The fourth-order valence-electron chi connectivity index (χ4n) is 2.97. The SMILES string of the molecule is CC.CC.COc1on(C)c(=O)c1-c1ccccc1COc1ccn(-c2ccccc2)n1. The predicted octanol–water partition coefficient (Wildman–Crippen LogP) is 5.47. The van der Waals surface area contributed by atoms with E-state index in [9.17, 15) is 4.79 Å². The molecular formula is C25H31N3O4. The van der Waals surface area contributed by atoms with Gasteiger partial charge in [0.25, 0.3) is 5.56 Å². The lowest BCUT2D eigenvalue weighted by Crippen LogP contribution is -2.12. The number of ether oxygens (including phenoxy) is 2. The fraction of sp³-hybridized carbons (Fsp3) is 0.280. The molecule has 0 atom stereocenters. The van der Waals surface area contributed by atoms with Gasteiger partial charge >= 0.3 is 5.95 Å². The predicted molar refractivity (Wildman–Crippen MR) is 127 cm³/mol. The second-order valence-electron chi connectivity index (χ2n) is 6.14. The molecule has 0 spiro atoms. The first-order valence-corrected chi connectivity index (χ1v) is 10.7. The highest BCUT2D eigenvalue weighted by Gasteiger charge is 2.20. The highest BCUT2D eigenvalue weighted by Crippen LogP contribution is 2.30. The quantitative estimate of drug-likeness (QED) is 0.400. The lowest BCUT2D eigenvalue weighted by atomic mass is 10.0. The maximum atomic E-state index is 12.5. The number of para-hydroxylation sites is 1. The summed E-state index contributed by atoms with van der Waals surface area (Å²) >= 11 is 0. The van der Waals surface area contributed by atoms with Gasteiger partial charge in [0.05, 0.1) is 12.8 Å². The van der Waals surface area contributed by atoms with Crippen molar-refractivity contribution in [3.05, 3.63) is 82.8 Å². The van der Waals surface area contributed by atoms with Crippen LogP contribution in [0, 0.1) is 0 Å². The van der Waals surface area contributed by atoms with Crippen LogP contribution >= 0.6 is 0 Å². The van der Waals surface area contributed by atoms with Gasteiger partial charge in [0.1, 0.15) is 12.2 Å². The molecule has 0 amide bonds. The van der Waals surface area contributed by atoms with Crippen LogP contribution in [0.15, 0.2) is 76.2 Å². The number of nitrogens with zero attached hydrogens (tertiary/aromatic N) is 3. The van der Waals surface area contributed by atoms with Crippen LogP contribution in [0.3, 0.4) is 0 Å². The molecule has 0 aliphatic carbocycles. The summed E-state index contributed by atoms with van der Waals surface area (Å²) in [5.74, 6) is 0.666. The van der Waals surface area contributed by atoms with Gasteiger partial charge in [-0.05, 0) is 17.7 Å². The monoisotopic (exact) mass is 437 g/mol. The molecule has 7 nitrogen and oxygen atoms in total. The first-order valence-electron chi connectivity index (χ1n) is 10.7. The minimum atomic E-state index is -0.266. The van der Waals surface area contributed by atoms with E-state index < -0.39 is 0 Å². The van der Waals surface area contributed by atoms with Crippen LogP contribution in [0.2, 0.25) is 0 Å². The smallest absolute Gasteiger partial charge is 0.320 e. The minimum absolute atomic E-state index is 0.174. The zero-order valence-electron chi connectivity index (χ0n) is 19.5. The van der Waals surface area contributed by atoms with E-state index in [-0.39, 0.29) is 18.1 Å². The third-order valence-corrected chi connectivity index (χ3v) is 4.36. The molecule has 170 valence electrons. The van der Waals surface area contributed by atoms with Gasteiger partial charge in [-0.3, -0.25) is 4.79 Å². The van der Waals surface area contributed by atoms with Gasteiger partial charge in [-0.1, -0.05) is 70.2 Å². The molecule has 2 aromatic carbocycles. The molecule has 0 aliphatic heterocycles. The van der Waals surface area contributed by atoms with Crippen LogP contribution in [0.25, 0.3) is 16.8 Å². The fourth-order valence-corrected chi connectivity index (χ4v) is 2.97. The van der Waals surface area contributed by atoms with Gasteiger partial charge < -0.3 is 14.0 Å². The highest BCUT2D eigenvalue weighted by molar-refractivity contribution is 5.70. The Labute approximate surface area is 188 Å². The molecule has 0 fully saturated rings. The summed E-state index contributed by atoms with van der Waals surface area (Å²) < 4.78 is 19.3. The van der Waals surface area contributed by atoms with E-state index in [1.54, 1.807) is 17.8 Å². The second kappa shape index (κ2) is 12.2. The number of aryl methyl sites for hydroxylation is 1. The molecule has 0 bridgehead atoms. The number of benzene rings is 2. The van der Waals surface area contributed by atoms with E-state index in [1.807, 2.05) is 88.5 Å². The van der Waals surface area contributed by atoms with Crippen LogP contribution in [-0.4, -0.2) is 21.6 Å². The van der Waals surface area contributed by atoms with Gasteiger partial charge in [0.2, 0.25) is 5.88 Å². The van der Waals surface area contributed by atoms with Gasteiger partial charge in [0.15, 0.2) is 0 Å². The highest BCUT2D eigenvalue weighted by atomic mass is 16.6. The Bertz CT molecular complexity index is 1140. The van der Waals surface area contributed by atoms with E-state index in [1.165, 1.54) is 7.11 Å². The third-order valence-electron chi connectivity index (χ3n) is 4.36. The third kappa shape index (κ3) is 5.49. The first kappa shape index (κ1) is 24.5. The zero-order chi connectivity index (χ0) is 23.5. The molecular weight excluding hydrogens is 406 g/mol. The van der Waals surface area contributed by atoms with Crippen LogP contribution in [0.4, 0.5) is 0 Å². The Morgan fingerprint density at radius 2 is 1.59 bits per heavy atom. The molecule has 2 aromatic heterocycles. The summed E-state index contributed by atoms with van der Waals surface area (Å²) in [5, 5.41) is 4.44. The Morgan fingerprint density at radius 3 is 2.28 bits per heavy atom. The van der Waals surface area contributed by atoms with E-state index in [0.717, 1.165) is 16.0 Å². The van der Waals surface area contributed by atoms with Crippen molar-refractivity contribution in [3.8, 4) is 28.6 Å². The summed E-state index contributed by atoms with van der Waals surface area (Å²) in [7, 11) is 3.01. The molecule has 7 heteroatoms. The van der Waals surface area contributed by atoms with Crippen molar-refractivity contribution in [1.29, 1.82) is 0 Å². The number of aromatic nitrogens is 3. The Hall–Kier alpha value is -3.74. The van der Waals surface area contributed by atoms with Crippen LogP contribution in [0.1, 0.15) is 33.3 Å². The van der Waals surface area contributed by atoms with Crippen LogP contribution < -0.4 is 15.0 Å². The summed E-state index contributed by atoms with van der Waals surface area (Å²) in [6.07, 6.45) is 1.84. The largest absolute Gasteiger partial charge is 0.472 e. The van der Waals surface area contributed by atoms with E-state index in [0.29, 0.717) is 17.0 Å². The minimum Gasteiger partial charge on any atom is -0.472 e. The van der Waals surface area contributed by atoms with Gasteiger partial charge in [0, 0.05) is 24.9 Å². The van der Waals surface area contributed by atoms with Crippen LogP contribution in [-0.2, 0) is 13.7 Å². The Balaban J connectivity index is 0.000000860. The summed E-state index contributed by atoms with van der Waals surface area (Å²) in [5.41, 5.74) is 2.59. The second-order valence-corrected chi connectivity index (χ2v) is 6.14. The van der Waals surface area contributed by atoms with Crippen molar-refractivity contribution in [2.24, 2.45) is 7.05 Å². The van der Waals surface area contributed by atoms with E-state index in [2.05, 4.69) is 5.10 Å². The van der Waals surface area contributed by atoms with Crippen molar-refractivity contribution in [1.82, 2.24) is 14.5 Å². The molecule has 0 saturated heterocycles. The average Bonchev–Trinajstić information content (AvgIpc) is 3.45. The van der Waals surface area contributed by atoms with Crippen molar-refractivity contribution < 1.29 is 14.0 Å².